The van der Waals surface area contributed by atoms with E-state index in [-0.39, 0.29) is 6.54 Å². The predicted octanol–water partition coefficient (Wildman–Crippen LogP) is 3.60. The number of halogens is 3. The number of alkyl halides is 3. The van der Waals surface area contributed by atoms with E-state index >= 15 is 0 Å². The first-order valence-electron chi connectivity index (χ1n) is 6.21. The SMILES string of the molecule is O=C(N(Cc1ccccc1)Nc1ccccc1)C(F)(F)F. The summed E-state index contributed by atoms with van der Waals surface area (Å²) in [5.74, 6) is -1.93. The smallest absolute Gasteiger partial charge is 0.295 e. The lowest BCUT2D eigenvalue weighted by Crippen LogP contribution is -2.44. The van der Waals surface area contributed by atoms with Gasteiger partial charge in [-0.2, -0.15) is 13.2 Å². The third-order valence-corrected chi connectivity index (χ3v) is 2.71. The van der Waals surface area contributed by atoms with E-state index in [0.717, 1.165) is 0 Å². The van der Waals surface area contributed by atoms with Crippen LogP contribution in [0.3, 0.4) is 0 Å². The van der Waals surface area contributed by atoms with Gasteiger partial charge in [0.15, 0.2) is 0 Å². The van der Waals surface area contributed by atoms with E-state index in [1.807, 2.05) is 0 Å². The fraction of sp³-hybridized carbons (Fsp3) is 0.133. The molecule has 3 nitrogen and oxygen atoms in total. The average Bonchev–Trinajstić information content (AvgIpc) is 2.47. The lowest BCUT2D eigenvalue weighted by atomic mass is 10.2. The molecule has 1 amide bonds. The summed E-state index contributed by atoms with van der Waals surface area (Å²) in [5, 5.41) is 0.560. The first-order valence-corrected chi connectivity index (χ1v) is 6.21. The molecule has 110 valence electrons. The summed E-state index contributed by atoms with van der Waals surface area (Å²) in [4.78, 5) is 11.5. The van der Waals surface area contributed by atoms with Gasteiger partial charge in [0, 0.05) is 0 Å². The van der Waals surface area contributed by atoms with Gasteiger partial charge in [0.25, 0.3) is 0 Å². The molecule has 0 saturated heterocycles. The van der Waals surface area contributed by atoms with Crippen LogP contribution in [0.25, 0.3) is 0 Å². The molecule has 1 N–H and O–H groups in total. The molecular formula is C15H13F3N2O. The maximum absolute atomic E-state index is 12.7. The van der Waals surface area contributed by atoms with Gasteiger partial charge in [-0.3, -0.25) is 10.2 Å². The summed E-state index contributed by atoms with van der Waals surface area (Å²) in [6.07, 6.45) is -4.93. The van der Waals surface area contributed by atoms with Crippen molar-refractivity contribution in [3.63, 3.8) is 0 Å². The number of hydrazine groups is 1. The van der Waals surface area contributed by atoms with Gasteiger partial charge in [-0.25, -0.2) is 5.01 Å². The third-order valence-electron chi connectivity index (χ3n) is 2.71. The fourth-order valence-electron chi connectivity index (χ4n) is 1.75. The van der Waals surface area contributed by atoms with E-state index in [0.29, 0.717) is 16.3 Å². The van der Waals surface area contributed by atoms with Crippen LogP contribution in [-0.4, -0.2) is 17.1 Å². The molecule has 0 heterocycles. The third kappa shape index (κ3) is 4.24. The van der Waals surface area contributed by atoms with Crippen LogP contribution in [0.5, 0.6) is 0 Å². The number of benzene rings is 2. The first-order chi connectivity index (χ1) is 9.97. The van der Waals surface area contributed by atoms with Gasteiger partial charge >= 0.3 is 12.1 Å². The molecule has 0 aromatic heterocycles. The van der Waals surface area contributed by atoms with Crippen molar-refractivity contribution in [2.75, 3.05) is 5.43 Å². The van der Waals surface area contributed by atoms with Crippen LogP contribution in [0.15, 0.2) is 60.7 Å². The highest BCUT2D eigenvalue weighted by Gasteiger charge is 2.42. The van der Waals surface area contributed by atoms with Gasteiger partial charge in [0.05, 0.1) is 12.2 Å². The summed E-state index contributed by atoms with van der Waals surface area (Å²) in [5.41, 5.74) is 3.50. The number of para-hydroxylation sites is 1. The van der Waals surface area contributed by atoms with E-state index in [2.05, 4.69) is 5.43 Å². The van der Waals surface area contributed by atoms with E-state index in [4.69, 9.17) is 0 Å². The van der Waals surface area contributed by atoms with E-state index in [1.54, 1.807) is 60.7 Å². The Kier molecular flexibility index (Phi) is 4.47. The van der Waals surface area contributed by atoms with E-state index in [9.17, 15) is 18.0 Å². The molecular weight excluding hydrogens is 281 g/mol. The topological polar surface area (TPSA) is 32.3 Å². The number of nitrogens with zero attached hydrogens (tertiary/aromatic N) is 1. The normalized spacial score (nSPS) is 11.0. The molecule has 0 atom stereocenters. The van der Waals surface area contributed by atoms with Crippen molar-refractivity contribution in [3.05, 3.63) is 66.2 Å². The van der Waals surface area contributed by atoms with Gasteiger partial charge < -0.3 is 0 Å². The van der Waals surface area contributed by atoms with E-state index in [1.165, 1.54) is 0 Å². The summed E-state index contributed by atoms with van der Waals surface area (Å²) in [7, 11) is 0. The van der Waals surface area contributed by atoms with Crippen molar-refractivity contribution in [3.8, 4) is 0 Å². The van der Waals surface area contributed by atoms with E-state index < -0.39 is 12.1 Å². The van der Waals surface area contributed by atoms with Crippen molar-refractivity contribution in [1.82, 2.24) is 5.01 Å². The molecule has 0 aliphatic heterocycles. The lowest BCUT2D eigenvalue weighted by molar-refractivity contribution is -0.184. The van der Waals surface area contributed by atoms with Gasteiger partial charge in [-0.15, -0.1) is 0 Å². The predicted molar refractivity (Wildman–Crippen MR) is 73.1 cm³/mol. The molecule has 0 unspecified atom stereocenters. The van der Waals surface area contributed by atoms with Gasteiger partial charge in [-0.05, 0) is 17.7 Å². The number of carbonyl (C=O) groups excluding carboxylic acids is 1. The van der Waals surface area contributed by atoms with Crippen LogP contribution in [0.4, 0.5) is 18.9 Å². The fourth-order valence-corrected chi connectivity index (χ4v) is 1.75. The number of nitrogens with one attached hydrogen (secondary N) is 1. The summed E-state index contributed by atoms with van der Waals surface area (Å²) < 4.78 is 38.0. The molecule has 0 spiro atoms. The van der Waals surface area contributed by atoms with Crippen LogP contribution < -0.4 is 5.43 Å². The molecule has 0 saturated carbocycles. The zero-order valence-corrected chi connectivity index (χ0v) is 11.0. The molecule has 6 heteroatoms. The van der Waals surface area contributed by atoms with Gasteiger partial charge in [-0.1, -0.05) is 48.5 Å². The molecule has 0 aliphatic carbocycles. The maximum Gasteiger partial charge on any atom is 0.473 e. The Hall–Kier alpha value is -2.50. The van der Waals surface area contributed by atoms with Crippen LogP contribution in [-0.2, 0) is 11.3 Å². The maximum atomic E-state index is 12.7. The highest BCUT2D eigenvalue weighted by Crippen LogP contribution is 2.21. The van der Waals surface area contributed by atoms with Crippen molar-refractivity contribution in [1.29, 1.82) is 0 Å². The molecule has 0 aliphatic rings. The Labute approximate surface area is 120 Å². The molecule has 0 bridgehead atoms. The zero-order valence-electron chi connectivity index (χ0n) is 11.0. The second kappa shape index (κ2) is 6.30. The summed E-state index contributed by atoms with van der Waals surface area (Å²) >= 11 is 0. The Morgan fingerprint density at radius 3 is 2.00 bits per heavy atom. The molecule has 21 heavy (non-hydrogen) atoms. The number of anilines is 1. The minimum absolute atomic E-state index is 0.186. The number of carbonyl (C=O) groups is 1. The zero-order chi connectivity index (χ0) is 15.3. The van der Waals surface area contributed by atoms with Crippen LogP contribution in [0, 0.1) is 0 Å². The number of rotatable bonds is 4. The molecule has 0 fully saturated rings. The molecule has 0 radical (unpaired) electrons. The minimum atomic E-state index is -4.93. The van der Waals surface area contributed by atoms with Crippen LogP contribution in [0.2, 0.25) is 0 Å². The van der Waals surface area contributed by atoms with Crippen LogP contribution in [0.1, 0.15) is 5.56 Å². The standard InChI is InChI=1S/C15H13F3N2O/c16-15(17,18)14(21)20(11-12-7-3-1-4-8-12)19-13-9-5-2-6-10-13/h1-10,19H,11H2. The second-order valence-corrected chi connectivity index (χ2v) is 4.35. The van der Waals surface area contributed by atoms with Crippen LogP contribution >= 0.6 is 0 Å². The minimum Gasteiger partial charge on any atom is -0.295 e. The van der Waals surface area contributed by atoms with Crippen molar-refractivity contribution in [2.45, 2.75) is 12.7 Å². The Bertz CT molecular complexity index is 543. The largest absolute Gasteiger partial charge is 0.473 e. The second-order valence-electron chi connectivity index (χ2n) is 4.35. The Balaban J connectivity index is 2.20. The van der Waals surface area contributed by atoms with Crippen molar-refractivity contribution >= 4 is 11.6 Å². The van der Waals surface area contributed by atoms with Gasteiger partial charge in [0.1, 0.15) is 0 Å². The number of hydrogen-bond donors (Lipinski definition) is 1. The molecule has 2 aromatic rings. The first kappa shape index (κ1) is 14.9. The van der Waals surface area contributed by atoms with Crippen molar-refractivity contribution in [2.24, 2.45) is 0 Å². The number of hydrogen-bond acceptors (Lipinski definition) is 2. The highest BCUT2D eigenvalue weighted by molar-refractivity contribution is 5.83. The average molecular weight is 294 g/mol. The van der Waals surface area contributed by atoms with Crippen molar-refractivity contribution < 1.29 is 18.0 Å². The summed E-state index contributed by atoms with van der Waals surface area (Å²) in [6, 6.07) is 16.7. The quantitative estimate of drug-likeness (QED) is 0.874. The summed E-state index contributed by atoms with van der Waals surface area (Å²) in [6.45, 7) is -0.186. The number of amides is 1. The molecule has 2 aromatic carbocycles. The molecule has 2 rings (SSSR count). The van der Waals surface area contributed by atoms with Gasteiger partial charge in [0.2, 0.25) is 0 Å². The Morgan fingerprint density at radius 2 is 1.48 bits per heavy atom. The lowest BCUT2D eigenvalue weighted by Gasteiger charge is -2.25. The monoisotopic (exact) mass is 294 g/mol. The Morgan fingerprint density at radius 1 is 0.952 bits per heavy atom. The highest BCUT2D eigenvalue weighted by atomic mass is 19.4.